The Bertz CT molecular complexity index is 722. The van der Waals surface area contributed by atoms with Crippen molar-refractivity contribution in [3.63, 3.8) is 0 Å². The molecule has 0 atom stereocenters. The molecule has 1 aliphatic rings. The number of oxime groups is 1. The van der Waals surface area contributed by atoms with Gasteiger partial charge >= 0.3 is 0 Å². The summed E-state index contributed by atoms with van der Waals surface area (Å²) in [5, 5.41) is 3.70. The second kappa shape index (κ2) is 7.25. The zero-order valence-electron chi connectivity index (χ0n) is 13.5. The number of hydrogen-bond donors (Lipinski definition) is 0. The Hall–Kier alpha value is -2.69. The summed E-state index contributed by atoms with van der Waals surface area (Å²) in [5.41, 5.74) is 2.43. The SMILES string of the molecule is CO/N=C/c1ccc(C(=O)N(Cc2ccc(F)cc2)C2CC2)cc1. The van der Waals surface area contributed by atoms with Gasteiger partial charge in [0, 0.05) is 18.2 Å². The van der Waals surface area contributed by atoms with E-state index in [2.05, 4.69) is 9.99 Å². The molecular formula is C19H19FN2O2. The number of nitrogens with zero attached hydrogens (tertiary/aromatic N) is 2. The molecular weight excluding hydrogens is 307 g/mol. The van der Waals surface area contributed by atoms with Gasteiger partial charge in [-0.25, -0.2) is 4.39 Å². The van der Waals surface area contributed by atoms with Crippen LogP contribution in [0.25, 0.3) is 0 Å². The molecule has 0 heterocycles. The third-order valence-electron chi connectivity index (χ3n) is 3.98. The molecule has 0 unspecified atom stereocenters. The monoisotopic (exact) mass is 326 g/mol. The maximum atomic E-state index is 13.0. The first-order valence-corrected chi connectivity index (χ1v) is 7.89. The molecule has 1 aliphatic carbocycles. The molecule has 24 heavy (non-hydrogen) atoms. The Labute approximate surface area is 140 Å². The average Bonchev–Trinajstić information content (AvgIpc) is 3.44. The van der Waals surface area contributed by atoms with Crippen LogP contribution in [0.4, 0.5) is 4.39 Å². The highest BCUT2D eigenvalue weighted by Crippen LogP contribution is 2.30. The van der Waals surface area contributed by atoms with Gasteiger partial charge in [-0.05, 0) is 48.2 Å². The van der Waals surface area contributed by atoms with Gasteiger partial charge in [0.2, 0.25) is 0 Å². The van der Waals surface area contributed by atoms with Crippen LogP contribution >= 0.6 is 0 Å². The normalized spacial score (nSPS) is 13.9. The third kappa shape index (κ3) is 3.98. The molecule has 1 amide bonds. The van der Waals surface area contributed by atoms with Gasteiger partial charge in [-0.3, -0.25) is 4.79 Å². The number of amides is 1. The lowest BCUT2D eigenvalue weighted by molar-refractivity contribution is 0.0730. The zero-order valence-corrected chi connectivity index (χ0v) is 13.5. The molecule has 2 aromatic carbocycles. The largest absolute Gasteiger partial charge is 0.399 e. The molecule has 1 saturated carbocycles. The summed E-state index contributed by atoms with van der Waals surface area (Å²) >= 11 is 0. The lowest BCUT2D eigenvalue weighted by Gasteiger charge is -2.22. The van der Waals surface area contributed by atoms with Gasteiger partial charge in [0.15, 0.2) is 0 Å². The minimum absolute atomic E-state index is 0.00273. The molecule has 0 N–H and O–H groups in total. The van der Waals surface area contributed by atoms with Crippen LogP contribution in [0, 0.1) is 5.82 Å². The smallest absolute Gasteiger partial charge is 0.254 e. The molecule has 2 aromatic rings. The van der Waals surface area contributed by atoms with E-state index < -0.39 is 0 Å². The molecule has 124 valence electrons. The van der Waals surface area contributed by atoms with E-state index in [4.69, 9.17) is 0 Å². The number of carbonyl (C=O) groups is 1. The Morgan fingerprint density at radius 1 is 1.21 bits per heavy atom. The van der Waals surface area contributed by atoms with E-state index in [1.807, 2.05) is 17.0 Å². The standard InChI is InChI=1S/C19H19FN2O2/c1-24-21-12-14-2-6-16(7-3-14)19(23)22(18-10-11-18)13-15-4-8-17(20)9-5-15/h2-9,12,18H,10-11,13H2,1H3/b21-12+. The summed E-state index contributed by atoms with van der Waals surface area (Å²) in [4.78, 5) is 19.3. The highest BCUT2D eigenvalue weighted by molar-refractivity contribution is 5.95. The molecule has 0 saturated heterocycles. The van der Waals surface area contributed by atoms with Crippen LogP contribution in [0.5, 0.6) is 0 Å². The van der Waals surface area contributed by atoms with E-state index in [-0.39, 0.29) is 17.8 Å². The van der Waals surface area contributed by atoms with E-state index >= 15 is 0 Å². The minimum Gasteiger partial charge on any atom is -0.399 e. The van der Waals surface area contributed by atoms with Gasteiger partial charge in [-0.2, -0.15) is 0 Å². The molecule has 5 heteroatoms. The topological polar surface area (TPSA) is 41.9 Å². The van der Waals surface area contributed by atoms with E-state index in [0.717, 1.165) is 24.0 Å². The van der Waals surface area contributed by atoms with Gasteiger partial charge in [-0.1, -0.05) is 29.4 Å². The maximum absolute atomic E-state index is 13.0. The van der Waals surface area contributed by atoms with Crippen LogP contribution in [0.1, 0.15) is 34.3 Å². The van der Waals surface area contributed by atoms with Crippen LogP contribution in [0.3, 0.4) is 0 Å². The molecule has 0 aromatic heterocycles. The first-order chi connectivity index (χ1) is 11.7. The fourth-order valence-corrected chi connectivity index (χ4v) is 2.53. The van der Waals surface area contributed by atoms with Crippen LogP contribution < -0.4 is 0 Å². The van der Waals surface area contributed by atoms with E-state index in [1.165, 1.54) is 19.2 Å². The number of rotatable bonds is 6. The van der Waals surface area contributed by atoms with Crippen LogP contribution in [-0.2, 0) is 11.4 Å². The average molecular weight is 326 g/mol. The van der Waals surface area contributed by atoms with Gasteiger partial charge in [0.1, 0.15) is 12.9 Å². The van der Waals surface area contributed by atoms with Crippen molar-refractivity contribution < 1.29 is 14.0 Å². The predicted molar refractivity (Wildman–Crippen MR) is 90.3 cm³/mol. The second-order valence-electron chi connectivity index (χ2n) is 5.83. The number of carbonyl (C=O) groups excluding carboxylic acids is 1. The first kappa shape index (κ1) is 16.2. The highest BCUT2D eigenvalue weighted by Gasteiger charge is 2.33. The summed E-state index contributed by atoms with van der Waals surface area (Å²) in [6.07, 6.45) is 3.63. The Balaban J connectivity index is 1.74. The number of benzene rings is 2. The fourth-order valence-electron chi connectivity index (χ4n) is 2.53. The van der Waals surface area contributed by atoms with Crippen molar-refractivity contribution in [3.05, 3.63) is 71.0 Å². The van der Waals surface area contributed by atoms with Gasteiger partial charge < -0.3 is 9.74 Å². The van der Waals surface area contributed by atoms with Crippen molar-refractivity contribution in [1.82, 2.24) is 4.90 Å². The molecule has 0 aliphatic heterocycles. The third-order valence-corrected chi connectivity index (χ3v) is 3.98. The quantitative estimate of drug-likeness (QED) is 0.601. The van der Waals surface area contributed by atoms with Crippen LogP contribution in [0.15, 0.2) is 53.7 Å². The van der Waals surface area contributed by atoms with Crippen molar-refractivity contribution in [2.45, 2.75) is 25.4 Å². The van der Waals surface area contributed by atoms with Crippen molar-refractivity contribution in [1.29, 1.82) is 0 Å². The molecule has 0 radical (unpaired) electrons. The highest BCUT2D eigenvalue weighted by atomic mass is 19.1. The van der Waals surface area contributed by atoms with E-state index in [1.54, 1.807) is 30.5 Å². The van der Waals surface area contributed by atoms with E-state index in [0.29, 0.717) is 12.1 Å². The zero-order chi connectivity index (χ0) is 16.9. The van der Waals surface area contributed by atoms with Gasteiger partial charge in [-0.15, -0.1) is 0 Å². The summed E-state index contributed by atoms with van der Waals surface area (Å²) in [6.45, 7) is 0.497. The Morgan fingerprint density at radius 2 is 1.88 bits per heavy atom. The van der Waals surface area contributed by atoms with Crippen molar-refractivity contribution in [3.8, 4) is 0 Å². The van der Waals surface area contributed by atoms with Crippen molar-refractivity contribution in [2.75, 3.05) is 7.11 Å². The lowest BCUT2D eigenvalue weighted by Crippen LogP contribution is -2.32. The van der Waals surface area contributed by atoms with Crippen LogP contribution in [0.2, 0.25) is 0 Å². The number of halogens is 1. The lowest BCUT2D eigenvalue weighted by atomic mass is 10.1. The maximum Gasteiger partial charge on any atom is 0.254 e. The predicted octanol–water partition coefficient (Wildman–Crippen LogP) is 3.61. The summed E-state index contributed by atoms with van der Waals surface area (Å²) in [5.74, 6) is -0.270. The summed E-state index contributed by atoms with van der Waals surface area (Å²) < 4.78 is 13.0. The molecule has 0 spiro atoms. The Morgan fingerprint density at radius 3 is 2.46 bits per heavy atom. The first-order valence-electron chi connectivity index (χ1n) is 7.89. The van der Waals surface area contributed by atoms with Gasteiger partial charge in [0.25, 0.3) is 5.91 Å². The number of hydrogen-bond acceptors (Lipinski definition) is 3. The molecule has 0 bridgehead atoms. The fraction of sp³-hybridized carbons (Fsp3) is 0.263. The molecule has 3 rings (SSSR count). The van der Waals surface area contributed by atoms with Crippen molar-refractivity contribution >= 4 is 12.1 Å². The second-order valence-corrected chi connectivity index (χ2v) is 5.83. The minimum atomic E-state index is -0.267. The van der Waals surface area contributed by atoms with E-state index in [9.17, 15) is 9.18 Å². The van der Waals surface area contributed by atoms with Crippen LogP contribution in [-0.4, -0.2) is 30.2 Å². The molecule has 1 fully saturated rings. The van der Waals surface area contributed by atoms with Crippen molar-refractivity contribution in [2.24, 2.45) is 5.16 Å². The molecule has 4 nitrogen and oxygen atoms in total. The Kier molecular flexibility index (Phi) is 4.89. The van der Waals surface area contributed by atoms with Gasteiger partial charge in [0.05, 0.1) is 6.21 Å². The summed E-state index contributed by atoms with van der Waals surface area (Å²) in [7, 11) is 1.48. The summed E-state index contributed by atoms with van der Waals surface area (Å²) in [6, 6.07) is 13.8.